The molecule has 0 aromatic heterocycles. The van der Waals surface area contributed by atoms with Crippen LogP contribution in [-0.4, -0.2) is 35.5 Å². The van der Waals surface area contributed by atoms with Gasteiger partial charge < -0.3 is 0 Å². The van der Waals surface area contributed by atoms with Gasteiger partial charge in [-0.15, -0.1) is 0 Å². The molecule has 0 spiro atoms. The molecule has 17 heavy (non-hydrogen) atoms. The Morgan fingerprint density at radius 2 is 0.941 bits per heavy atom. The van der Waals surface area contributed by atoms with Crippen molar-refractivity contribution >= 4 is 18.0 Å². The third-order valence-electron chi connectivity index (χ3n) is 3.86. The SMILES string of the molecule is O=P(Cl)(N1CCCCCC1)N1CCCCCC1. The second kappa shape index (κ2) is 6.56. The van der Waals surface area contributed by atoms with Crippen molar-refractivity contribution in [3.05, 3.63) is 0 Å². The largest absolute Gasteiger partial charge is 0.304 e. The van der Waals surface area contributed by atoms with Crippen molar-refractivity contribution in [3.63, 3.8) is 0 Å². The molecule has 0 aliphatic carbocycles. The van der Waals surface area contributed by atoms with Crippen molar-refractivity contribution in [3.8, 4) is 0 Å². The molecule has 0 bridgehead atoms. The lowest BCUT2D eigenvalue weighted by Crippen LogP contribution is -2.30. The highest BCUT2D eigenvalue weighted by molar-refractivity contribution is 7.85. The fraction of sp³-hybridized carbons (Fsp3) is 1.00. The predicted molar refractivity (Wildman–Crippen MR) is 73.5 cm³/mol. The highest BCUT2D eigenvalue weighted by Crippen LogP contribution is 2.59. The molecule has 2 rings (SSSR count). The number of hydrogen-bond donors (Lipinski definition) is 0. The van der Waals surface area contributed by atoms with Gasteiger partial charge in [0, 0.05) is 26.2 Å². The second-order valence-corrected chi connectivity index (χ2v) is 8.61. The Hall–Kier alpha value is 0.440. The molecule has 0 atom stereocenters. The molecule has 0 aromatic rings. The summed E-state index contributed by atoms with van der Waals surface area (Å²) < 4.78 is 17.0. The Kier molecular flexibility index (Phi) is 5.35. The molecule has 0 saturated carbocycles. The Bertz CT molecular complexity index is 248. The summed E-state index contributed by atoms with van der Waals surface area (Å²) in [5, 5.41) is 0. The summed E-state index contributed by atoms with van der Waals surface area (Å²) >= 11 is 6.45. The van der Waals surface area contributed by atoms with Crippen molar-refractivity contribution in [2.75, 3.05) is 26.2 Å². The first-order valence-corrected chi connectivity index (χ1v) is 9.53. The van der Waals surface area contributed by atoms with Gasteiger partial charge in [0.05, 0.1) is 0 Å². The Labute approximate surface area is 110 Å². The molecule has 0 radical (unpaired) electrons. The van der Waals surface area contributed by atoms with Crippen LogP contribution in [0.2, 0.25) is 0 Å². The molecule has 2 heterocycles. The third kappa shape index (κ3) is 3.70. The summed E-state index contributed by atoms with van der Waals surface area (Å²) in [6.45, 7) is 0.896. The molecular formula is C12H24ClN2OP. The van der Waals surface area contributed by atoms with Gasteiger partial charge in [0.1, 0.15) is 0 Å². The molecule has 2 aliphatic rings. The predicted octanol–water partition coefficient (Wildman–Crippen LogP) is 4.09. The van der Waals surface area contributed by atoms with Crippen molar-refractivity contribution in [2.24, 2.45) is 0 Å². The van der Waals surface area contributed by atoms with Crippen LogP contribution in [0, 0.1) is 0 Å². The van der Waals surface area contributed by atoms with E-state index in [1.807, 2.05) is 0 Å². The van der Waals surface area contributed by atoms with E-state index in [9.17, 15) is 4.57 Å². The molecular weight excluding hydrogens is 255 g/mol. The minimum absolute atomic E-state index is 0.914. The van der Waals surface area contributed by atoms with Crippen LogP contribution in [0.4, 0.5) is 0 Å². The van der Waals surface area contributed by atoms with Crippen LogP contribution in [0.1, 0.15) is 51.4 Å². The fourth-order valence-electron chi connectivity index (χ4n) is 2.78. The lowest BCUT2D eigenvalue weighted by molar-refractivity contribution is 0.353. The van der Waals surface area contributed by atoms with Crippen LogP contribution in [0.25, 0.3) is 0 Å². The highest BCUT2D eigenvalue weighted by atomic mass is 35.7. The van der Waals surface area contributed by atoms with Gasteiger partial charge in [-0.3, -0.25) is 4.57 Å². The zero-order valence-corrected chi connectivity index (χ0v) is 12.3. The molecule has 2 fully saturated rings. The average molecular weight is 279 g/mol. The quantitative estimate of drug-likeness (QED) is 0.711. The number of nitrogens with zero attached hydrogens (tertiary/aromatic N) is 2. The van der Waals surface area contributed by atoms with E-state index in [4.69, 9.17) is 11.2 Å². The lowest BCUT2D eigenvalue weighted by atomic mass is 10.2. The van der Waals surface area contributed by atoms with Gasteiger partial charge in [-0.2, -0.15) is 0 Å². The summed E-state index contributed by atoms with van der Waals surface area (Å²) in [5.74, 6) is 0. The van der Waals surface area contributed by atoms with Crippen LogP contribution in [0.5, 0.6) is 0 Å². The van der Waals surface area contributed by atoms with Crippen LogP contribution in [-0.2, 0) is 4.57 Å². The van der Waals surface area contributed by atoms with E-state index >= 15 is 0 Å². The van der Waals surface area contributed by atoms with Crippen molar-refractivity contribution < 1.29 is 4.57 Å². The minimum Gasteiger partial charge on any atom is -0.271 e. The van der Waals surface area contributed by atoms with E-state index in [1.165, 1.54) is 25.7 Å². The maximum Gasteiger partial charge on any atom is 0.304 e. The second-order valence-electron chi connectivity index (χ2n) is 5.21. The zero-order valence-electron chi connectivity index (χ0n) is 10.6. The first kappa shape index (κ1) is 13.9. The molecule has 2 aliphatic heterocycles. The monoisotopic (exact) mass is 278 g/mol. The summed E-state index contributed by atoms with van der Waals surface area (Å²) in [7, 11) is 0. The van der Waals surface area contributed by atoms with Crippen LogP contribution in [0.15, 0.2) is 0 Å². The van der Waals surface area contributed by atoms with E-state index in [0.29, 0.717) is 0 Å². The minimum atomic E-state index is -2.76. The van der Waals surface area contributed by atoms with Gasteiger partial charge in [-0.1, -0.05) is 25.7 Å². The van der Waals surface area contributed by atoms with E-state index in [1.54, 1.807) is 0 Å². The standard InChI is InChI=1S/C12H24ClN2OP/c13-17(16,14-9-5-1-2-6-10-14)15-11-7-3-4-8-12-15/h1-12H2. The van der Waals surface area contributed by atoms with Crippen molar-refractivity contribution in [1.82, 2.24) is 9.34 Å². The Morgan fingerprint density at radius 3 is 1.24 bits per heavy atom. The van der Waals surface area contributed by atoms with Gasteiger partial charge >= 0.3 is 6.80 Å². The fourth-order valence-corrected chi connectivity index (χ4v) is 5.60. The van der Waals surface area contributed by atoms with Gasteiger partial charge in [0.15, 0.2) is 0 Å². The number of halogens is 1. The maximum atomic E-state index is 12.8. The highest BCUT2D eigenvalue weighted by Gasteiger charge is 2.35. The Morgan fingerprint density at radius 1 is 0.647 bits per heavy atom. The molecule has 0 N–H and O–H groups in total. The first-order chi connectivity index (χ1) is 8.21. The molecule has 0 unspecified atom stereocenters. The molecule has 2 saturated heterocycles. The summed E-state index contributed by atoms with van der Waals surface area (Å²) in [5.41, 5.74) is 0. The van der Waals surface area contributed by atoms with Gasteiger partial charge in [-0.25, -0.2) is 9.34 Å². The summed E-state index contributed by atoms with van der Waals surface area (Å²) in [6.07, 6.45) is 9.60. The van der Waals surface area contributed by atoms with E-state index in [2.05, 4.69) is 9.34 Å². The first-order valence-electron chi connectivity index (χ1n) is 7.02. The molecule has 5 heteroatoms. The molecule has 0 aromatic carbocycles. The zero-order chi connectivity index (χ0) is 12.1. The number of hydrogen-bond acceptors (Lipinski definition) is 1. The summed E-state index contributed by atoms with van der Waals surface area (Å²) in [6, 6.07) is 0. The molecule has 3 nitrogen and oxygen atoms in total. The van der Waals surface area contributed by atoms with Gasteiger partial charge in [0.25, 0.3) is 0 Å². The maximum absolute atomic E-state index is 12.8. The van der Waals surface area contributed by atoms with E-state index in [-0.39, 0.29) is 0 Å². The number of rotatable bonds is 2. The summed E-state index contributed by atoms with van der Waals surface area (Å²) in [4.78, 5) is 0. The van der Waals surface area contributed by atoms with Crippen molar-refractivity contribution in [2.45, 2.75) is 51.4 Å². The topological polar surface area (TPSA) is 23.6 Å². The average Bonchev–Trinajstić information content (AvgIpc) is 2.74. The Balaban J connectivity index is 2.01. The van der Waals surface area contributed by atoms with Crippen LogP contribution < -0.4 is 0 Å². The van der Waals surface area contributed by atoms with Gasteiger partial charge in [0.2, 0.25) is 0 Å². The molecule has 100 valence electrons. The normalized spacial score (nSPS) is 26.4. The molecule has 0 amide bonds. The van der Waals surface area contributed by atoms with E-state index < -0.39 is 6.80 Å². The van der Waals surface area contributed by atoms with Crippen LogP contribution in [0.3, 0.4) is 0 Å². The van der Waals surface area contributed by atoms with E-state index in [0.717, 1.165) is 51.9 Å². The van der Waals surface area contributed by atoms with Crippen LogP contribution >= 0.6 is 18.0 Å². The van der Waals surface area contributed by atoms with Crippen molar-refractivity contribution in [1.29, 1.82) is 0 Å². The third-order valence-corrected chi connectivity index (χ3v) is 7.34. The van der Waals surface area contributed by atoms with Gasteiger partial charge in [-0.05, 0) is 36.9 Å². The lowest BCUT2D eigenvalue weighted by Gasteiger charge is -2.33. The smallest absolute Gasteiger partial charge is 0.271 e.